The van der Waals surface area contributed by atoms with E-state index in [1.54, 1.807) is 0 Å². The molecular weight excluding hydrogens is 625 g/mol. The van der Waals surface area contributed by atoms with E-state index in [2.05, 4.69) is 206 Å². The summed E-state index contributed by atoms with van der Waals surface area (Å²) in [5.41, 5.74) is 12.3. The summed E-state index contributed by atoms with van der Waals surface area (Å²) in [4.78, 5) is 0. The van der Waals surface area contributed by atoms with Crippen LogP contribution < -0.4 is 0 Å². The van der Waals surface area contributed by atoms with Crippen molar-refractivity contribution in [2.45, 2.75) is 0 Å². The molecule has 0 bridgehead atoms. The fourth-order valence-corrected chi connectivity index (χ4v) is 8.13. The van der Waals surface area contributed by atoms with E-state index in [1.165, 1.54) is 98.7 Å². The third-order valence-electron chi connectivity index (χ3n) is 10.6. The number of benzene rings is 10. The number of hydrogen-bond donors (Lipinski definition) is 0. The van der Waals surface area contributed by atoms with Crippen LogP contribution in [0.15, 0.2) is 206 Å². The van der Waals surface area contributed by atoms with E-state index in [0.29, 0.717) is 0 Å². The Bertz CT molecular complexity index is 2860. The average Bonchev–Trinajstić information content (AvgIpc) is 3.22. The summed E-state index contributed by atoms with van der Waals surface area (Å²) in [5, 5.41) is 9.96. The van der Waals surface area contributed by atoms with Crippen LogP contribution in [0.2, 0.25) is 0 Å². The lowest BCUT2D eigenvalue weighted by atomic mass is 9.81. The minimum atomic E-state index is 1.21. The van der Waals surface area contributed by atoms with Crippen molar-refractivity contribution in [1.29, 1.82) is 0 Å². The molecule has 0 atom stereocenters. The molecule has 242 valence electrons. The normalized spacial score (nSPS) is 11.5. The van der Waals surface area contributed by atoms with Gasteiger partial charge < -0.3 is 0 Å². The van der Waals surface area contributed by atoms with Gasteiger partial charge in [-0.1, -0.05) is 164 Å². The Hall–Kier alpha value is -6.76. The first-order chi connectivity index (χ1) is 25.8. The smallest absolute Gasteiger partial charge is 0.00197 e. The summed E-state index contributed by atoms with van der Waals surface area (Å²) in [6.45, 7) is 0. The van der Waals surface area contributed by atoms with Crippen molar-refractivity contribution in [2.75, 3.05) is 0 Å². The van der Waals surface area contributed by atoms with E-state index in [1.807, 2.05) is 0 Å². The van der Waals surface area contributed by atoms with Crippen molar-refractivity contribution in [3.8, 4) is 55.6 Å². The van der Waals surface area contributed by atoms with Crippen LogP contribution in [0, 0.1) is 0 Å². The molecule has 0 heteroatoms. The zero-order valence-electron chi connectivity index (χ0n) is 28.6. The molecule has 10 rings (SSSR count). The molecule has 10 aromatic carbocycles. The van der Waals surface area contributed by atoms with Crippen LogP contribution in [-0.2, 0) is 0 Å². The molecule has 0 heterocycles. The van der Waals surface area contributed by atoms with Gasteiger partial charge in [-0.05, 0) is 141 Å². The second-order valence-corrected chi connectivity index (χ2v) is 13.7. The number of fused-ring (bicyclic) bond motifs is 4. The molecule has 0 amide bonds. The molecule has 0 aliphatic heterocycles. The Kier molecular flexibility index (Phi) is 7.25. The second kappa shape index (κ2) is 12.5. The second-order valence-electron chi connectivity index (χ2n) is 13.7. The van der Waals surface area contributed by atoms with E-state index in [4.69, 9.17) is 0 Å². The first kappa shape index (κ1) is 30.1. The molecule has 0 nitrogen and oxygen atoms in total. The maximum Gasteiger partial charge on any atom is -0.00197 e. The average molecular weight is 659 g/mol. The molecule has 0 N–H and O–H groups in total. The Morgan fingerprint density at radius 2 is 0.558 bits per heavy atom. The van der Waals surface area contributed by atoms with Gasteiger partial charge in [0.15, 0.2) is 0 Å². The van der Waals surface area contributed by atoms with Crippen LogP contribution in [0.3, 0.4) is 0 Å². The lowest BCUT2D eigenvalue weighted by Gasteiger charge is -2.22. The third-order valence-corrected chi connectivity index (χ3v) is 10.6. The van der Waals surface area contributed by atoms with Gasteiger partial charge in [0, 0.05) is 0 Å². The van der Waals surface area contributed by atoms with Crippen LogP contribution in [0.4, 0.5) is 0 Å². The molecule has 10 aromatic rings. The lowest BCUT2D eigenvalue weighted by Crippen LogP contribution is -1.94. The lowest BCUT2D eigenvalue weighted by molar-refractivity contribution is 1.58. The van der Waals surface area contributed by atoms with Gasteiger partial charge >= 0.3 is 0 Å². The highest BCUT2D eigenvalue weighted by Crippen LogP contribution is 2.49. The molecule has 0 aromatic heterocycles. The maximum absolute atomic E-state index is 2.43. The van der Waals surface area contributed by atoms with Crippen molar-refractivity contribution in [3.05, 3.63) is 206 Å². The molecule has 0 fully saturated rings. The first-order valence-corrected chi connectivity index (χ1v) is 18.0. The Labute approximate surface area is 303 Å². The van der Waals surface area contributed by atoms with Crippen LogP contribution >= 0.6 is 0 Å². The quantitative estimate of drug-likeness (QED) is 0.161. The fraction of sp³-hybridized carbons (Fsp3) is 0. The Balaban J connectivity index is 1.37. The van der Waals surface area contributed by atoms with Gasteiger partial charge in [-0.2, -0.15) is 0 Å². The molecule has 0 spiro atoms. The van der Waals surface area contributed by atoms with Crippen LogP contribution in [-0.4, -0.2) is 0 Å². The zero-order valence-corrected chi connectivity index (χ0v) is 28.6. The zero-order chi connectivity index (χ0) is 34.4. The molecule has 52 heavy (non-hydrogen) atoms. The van der Waals surface area contributed by atoms with Crippen molar-refractivity contribution < 1.29 is 0 Å². The predicted molar refractivity (Wildman–Crippen MR) is 224 cm³/mol. The molecule has 0 saturated carbocycles. The molecular formula is C52H34. The first-order valence-electron chi connectivity index (χ1n) is 18.0. The largest absolute Gasteiger partial charge is 0.0622 e. The highest BCUT2D eigenvalue weighted by Gasteiger charge is 2.21. The van der Waals surface area contributed by atoms with Gasteiger partial charge in [0.2, 0.25) is 0 Å². The summed E-state index contributed by atoms with van der Waals surface area (Å²) in [7, 11) is 0. The van der Waals surface area contributed by atoms with E-state index >= 15 is 0 Å². The van der Waals surface area contributed by atoms with Crippen LogP contribution in [0.1, 0.15) is 0 Å². The number of rotatable bonds is 5. The molecule has 0 aliphatic rings. The molecule has 0 saturated heterocycles. The third kappa shape index (κ3) is 5.16. The summed E-state index contributed by atoms with van der Waals surface area (Å²) >= 11 is 0. The van der Waals surface area contributed by atoms with Gasteiger partial charge in [-0.3, -0.25) is 0 Å². The molecule has 0 aliphatic carbocycles. The van der Waals surface area contributed by atoms with Gasteiger partial charge in [-0.15, -0.1) is 0 Å². The van der Waals surface area contributed by atoms with E-state index in [9.17, 15) is 0 Å². The SMILES string of the molecule is c1ccc(-c2cc(-c3ccccc3)cc(-c3c4ccccc4c(-c4cc5ccccc5cc4-c4ccccc4)c4cc5ccccc5cc34)c2)cc1. The topological polar surface area (TPSA) is 0 Å². The predicted octanol–water partition coefficient (Wildman–Crippen LogP) is 14.6. The van der Waals surface area contributed by atoms with Crippen molar-refractivity contribution in [2.24, 2.45) is 0 Å². The minimum absolute atomic E-state index is 1.21. The molecule has 0 unspecified atom stereocenters. The van der Waals surface area contributed by atoms with Gasteiger partial charge in [0.1, 0.15) is 0 Å². The van der Waals surface area contributed by atoms with Crippen LogP contribution in [0.25, 0.3) is 98.7 Å². The monoisotopic (exact) mass is 658 g/mol. The van der Waals surface area contributed by atoms with Gasteiger partial charge in [0.25, 0.3) is 0 Å². The maximum atomic E-state index is 2.43. The standard InChI is InChI=1S/C52H34/c1-4-16-35(17-5-1)42-28-43(36-18-6-2-7-19-36)30-44(29-42)51-45-26-14-15-27-46(45)52(50-34-41-25-13-12-24-40(41)33-49(50)51)48-32-39-23-11-10-22-38(39)31-47(48)37-20-8-3-9-21-37/h1-34H. The van der Waals surface area contributed by atoms with Gasteiger partial charge in [-0.25, -0.2) is 0 Å². The van der Waals surface area contributed by atoms with Crippen LogP contribution in [0.5, 0.6) is 0 Å². The van der Waals surface area contributed by atoms with Crippen molar-refractivity contribution >= 4 is 43.1 Å². The Morgan fingerprint density at radius 3 is 1.08 bits per heavy atom. The molecule has 0 radical (unpaired) electrons. The minimum Gasteiger partial charge on any atom is -0.0622 e. The van der Waals surface area contributed by atoms with E-state index < -0.39 is 0 Å². The number of hydrogen-bond acceptors (Lipinski definition) is 0. The fourth-order valence-electron chi connectivity index (χ4n) is 8.13. The summed E-state index contributed by atoms with van der Waals surface area (Å²) < 4.78 is 0. The van der Waals surface area contributed by atoms with Gasteiger partial charge in [0.05, 0.1) is 0 Å². The highest BCUT2D eigenvalue weighted by atomic mass is 14.2. The Morgan fingerprint density at radius 1 is 0.192 bits per heavy atom. The van der Waals surface area contributed by atoms with E-state index in [-0.39, 0.29) is 0 Å². The highest BCUT2D eigenvalue weighted by molar-refractivity contribution is 6.25. The summed E-state index contributed by atoms with van der Waals surface area (Å²) in [5.74, 6) is 0. The summed E-state index contributed by atoms with van der Waals surface area (Å²) in [6, 6.07) is 75.8. The van der Waals surface area contributed by atoms with E-state index in [0.717, 1.165) is 0 Å². The summed E-state index contributed by atoms with van der Waals surface area (Å²) in [6.07, 6.45) is 0. The van der Waals surface area contributed by atoms with Crippen molar-refractivity contribution in [3.63, 3.8) is 0 Å². The van der Waals surface area contributed by atoms with Crippen molar-refractivity contribution in [1.82, 2.24) is 0 Å².